The Morgan fingerprint density at radius 3 is 2.18 bits per heavy atom. The topological polar surface area (TPSA) is 116 Å². The second-order valence-corrected chi connectivity index (χ2v) is 8.92. The van der Waals surface area contributed by atoms with E-state index >= 15 is 0 Å². The Kier molecular flexibility index (Phi) is 8.83. The van der Waals surface area contributed by atoms with Gasteiger partial charge in [-0.15, -0.1) is 0 Å². The first kappa shape index (κ1) is 25.4. The molecule has 2 amide bonds. The van der Waals surface area contributed by atoms with Gasteiger partial charge in [-0.2, -0.15) is 0 Å². The summed E-state index contributed by atoms with van der Waals surface area (Å²) in [6, 6.07) is 14.7. The first-order valence-electron chi connectivity index (χ1n) is 11.4. The van der Waals surface area contributed by atoms with Gasteiger partial charge in [0.1, 0.15) is 6.04 Å². The third-order valence-electron chi connectivity index (χ3n) is 6.73. The maximum Gasteiger partial charge on any atom is 0.267 e. The molecule has 0 aromatic heterocycles. The predicted molar refractivity (Wildman–Crippen MR) is 132 cm³/mol. The van der Waals surface area contributed by atoms with Gasteiger partial charge in [0.2, 0.25) is 0 Å². The highest BCUT2D eigenvalue weighted by atomic mass is 16.5. The van der Waals surface area contributed by atoms with Gasteiger partial charge < -0.3 is 16.4 Å². The minimum atomic E-state index is -1.01. The van der Waals surface area contributed by atoms with Crippen LogP contribution in [0.15, 0.2) is 48.5 Å². The van der Waals surface area contributed by atoms with E-state index in [1.165, 1.54) is 36.7 Å². The number of amides is 2. The standard InChI is InChI=1S/C26H30N4O3.CH4/c27-15-24(26(32)30-33)29-25(31)21-10-7-18(8-11-21)2-1-17-3-5-19(6-4-17)16-28-23-14-20-9-12-22(23)13-20;/h3-8,10-11,20,22-24,28,33H,9,12-16,27H2,(H,29,31)(H,30,32);1H4/t20-,22+,23?,24+;/m1./s1. The summed E-state index contributed by atoms with van der Waals surface area (Å²) in [7, 11) is 0. The summed E-state index contributed by atoms with van der Waals surface area (Å²) >= 11 is 0. The van der Waals surface area contributed by atoms with Gasteiger partial charge in [-0.05, 0) is 73.1 Å². The van der Waals surface area contributed by atoms with Crippen LogP contribution in [0, 0.1) is 23.7 Å². The molecule has 4 rings (SSSR count). The van der Waals surface area contributed by atoms with E-state index in [4.69, 9.17) is 10.9 Å². The second-order valence-electron chi connectivity index (χ2n) is 8.92. The predicted octanol–water partition coefficient (Wildman–Crippen LogP) is 2.56. The van der Waals surface area contributed by atoms with Crippen LogP contribution in [-0.2, 0) is 11.3 Å². The normalized spacial score (nSPS) is 21.1. The van der Waals surface area contributed by atoms with E-state index in [1.807, 2.05) is 12.1 Å². The number of fused-ring (bicyclic) bond motifs is 2. The fraction of sp³-hybridized carbons (Fsp3) is 0.407. The SMILES string of the molecule is C.NC[C@H](NC(=O)c1ccc(C#Cc2ccc(CNC3C[C@@H]4CC[C@H]3C4)cc2)cc1)C(=O)NO. The van der Waals surface area contributed by atoms with Crippen LogP contribution in [0.3, 0.4) is 0 Å². The van der Waals surface area contributed by atoms with Gasteiger partial charge >= 0.3 is 0 Å². The molecule has 6 N–H and O–H groups in total. The van der Waals surface area contributed by atoms with Crippen LogP contribution in [0.1, 0.15) is 60.2 Å². The average molecular weight is 463 g/mol. The summed E-state index contributed by atoms with van der Waals surface area (Å²) in [5.41, 5.74) is 10.3. The number of nitrogens with two attached hydrogens (primary N) is 1. The van der Waals surface area contributed by atoms with Crippen molar-refractivity contribution in [3.63, 3.8) is 0 Å². The maximum atomic E-state index is 12.3. The molecule has 0 spiro atoms. The summed E-state index contributed by atoms with van der Waals surface area (Å²) in [4.78, 5) is 23.7. The third kappa shape index (κ3) is 6.23. The van der Waals surface area contributed by atoms with Crippen molar-refractivity contribution in [2.45, 2.75) is 51.7 Å². The lowest BCUT2D eigenvalue weighted by atomic mass is 9.95. The van der Waals surface area contributed by atoms with Gasteiger partial charge in [0.25, 0.3) is 11.8 Å². The van der Waals surface area contributed by atoms with Crippen LogP contribution in [0.5, 0.6) is 0 Å². The van der Waals surface area contributed by atoms with Crippen LogP contribution in [0.25, 0.3) is 0 Å². The highest BCUT2D eigenvalue weighted by molar-refractivity contribution is 5.97. The Morgan fingerprint density at radius 2 is 1.65 bits per heavy atom. The smallest absolute Gasteiger partial charge is 0.267 e. The van der Waals surface area contributed by atoms with Crippen molar-refractivity contribution in [2.75, 3.05) is 6.54 Å². The molecule has 1 unspecified atom stereocenters. The first-order chi connectivity index (χ1) is 16.1. The van der Waals surface area contributed by atoms with Crippen LogP contribution < -0.4 is 21.8 Å². The average Bonchev–Trinajstić information content (AvgIpc) is 3.48. The number of carbonyl (C=O) groups excluding carboxylic acids is 2. The van der Waals surface area contributed by atoms with E-state index in [9.17, 15) is 9.59 Å². The molecule has 0 radical (unpaired) electrons. The molecule has 0 heterocycles. The molecule has 2 aliphatic rings. The monoisotopic (exact) mass is 462 g/mol. The van der Waals surface area contributed by atoms with Crippen molar-refractivity contribution < 1.29 is 14.8 Å². The second kappa shape index (κ2) is 11.8. The highest BCUT2D eigenvalue weighted by Crippen LogP contribution is 2.44. The summed E-state index contributed by atoms with van der Waals surface area (Å²) in [5.74, 6) is 6.86. The van der Waals surface area contributed by atoms with Crippen molar-refractivity contribution >= 4 is 11.8 Å². The molecule has 0 aliphatic heterocycles. The van der Waals surface area contributed by atoms with E-state index in [1.54, 1.807) is 24.3 Å². The zero-order chi connectivity index (χ0) is 23.2. The Morgan fingerprint density at radius 1 is 1.00 bits per heavy atom. The van der Waals surface area contributed by atoms with E-state index < -0.39 is 17.9 Å². The van der Waals surface area contributed by atoms with Crippen molar-refractivity contribution in [1.29, 1.82) is 0 Å². The van der Waals surface area contributed by atoms with Crippen LogP contribution in [0.4, 0.5) is 0 Å². The lowest BCUT2D eigenvalue weighted by Crippen LogP contribution is -2.50. The summed E-state index contributed by atoms with van der Waals surface area (Å²) < 4.78 is 0. The molecule has 7 heteroatoms. The Hall–Kier alpha value is -3.18. The van der Waals surface area contributed by atoms with Crippen molar-refractivity contribution in [1.82, 2.24) is 16.1 Å². The molecule has 180 valence electrons. The molecule has 2 aliphatic carbocycles. The molecule has 2 fully saturated rings. The van der Waals surface area contributed by atoms with Gasteiger partial charge in [-0.25, -0.2) is 5.48 Å². The van der Waals surface area contributed by atoms with E-state index in [0.29, 0.717) is 11.6 Å². The molecule has 2 aromatic rings. The lowest BCUT2D eigenvalue weighted by Gasteiger charge is -2.23. The quantitative estimate of drug-likeness (QED) is 0.246. The fourth-order valence-electron chi connectivity index (χ4n) is 4.85. The number of nitrogens with one attached hydrogen (secondary N) is 3. The largest absolute Gasteiger partial charge is 0.339 e. The van der Waals surface area contributed by atoms with Gasteiger partial charge in [0.05, 0.1) is 0 Å². The zero-order valence-corrected chi connectivity index (χ0v) is 18.5. The van der Waals surface area contributed by atoms with E-state index in [-0.39, 0.29) is 14.0 Å². The number of carbonyl (C=O) groups is 2. The van der Waals surface area contributed by atoms with Gasteiger partial charge in [0.15, 0.2) is 0 Å². The number of hydroxylamine groups is 1. The number of hydrogen-bond donors (Lipinski definition) is 5. The highest BCUT2D eigenvalue weighted by Gasteiger charge is 2.38. The van der Waals surface area contributed by atoms with Crippen LogP contribution in [0.2, 0.25) is 0 Å². The molecule has 34 heavy (non-hydrogen) atoms. The molecule has 2 saturated carbocycles. The maximum absolute atomic E-state index is 12.3. The van der Waals surface area contributed by atoms with Crippen LogP contribution >= 0.6 is 0 Å². The third-order valence-corrected chi connectivity index (χ3v) is 6.73. The van der Waals surface area contributed by atoms with E-state index in [0.717, 1.165) is 29.5 Å². The minimum Gasteiger partial charge on any atom is -0.339 e. The Bertz CT molecular complexity index is 1040. The molecule has 2 aromatic carbocycles. The van der Waals surface area contributed by atoms with Crippen molar-refractivity contribution in [3.8, 4) is 11.8 Å². The number of benzene rings is 2. The van der Waals surface area contributed by atoms with E-state index in [2.05, 4.69) is 34.6 Å². The van der Waals surface area contributed by atoms with Crippen molar-refractivity contribution in [2.24, 2.45) is 17.6 Å². The Balaban J connectivity index is 0.00000324. The minimum absolute atomic E-state index is 0. The fourth-order valence-corrected chi connectivity index (χ4v) is 4.85. The molecule has 4 atom stereocenters. The van der Waals surface area contributed by atoms with Gasteiger partial charge in [-0.3, -0.25) is 14.8 Å². The molecular formula is C27H34N4O3. The van der Waals surface area contributed by atoms with Gasteiger partial charge in [-0.1, -0.05) is 37.8 Å². The lowest BCUT2D eigenvalue weighted by molar-refractivity contribution is -0.130. The first-order valence-corrected chi connectivity index (χ1v) is 11.4. The summed E-state index contributed by atoms with van der Waals surface area (Å²) in [6.07, 6.45) is 5.55. The molecule has 0 saturated heterocycles. The summed E-state index contributed by atoms with van der Waals surface area (Å²) in [5, 5.41) is 14.9. The van der Waals surface area contributed by atoms with Gasteiger partial charge in [0, 0.05) is 35.8 Å². The molecule has 7 nitrogen and oxygen atoms in total. The van der Waals surface area contributed by atoms with Crippen molar-refractivity contribution in [3.05, 3.63) is 70.8 Å². The summed E-state index contributed by atoms with van der Waals surface area (Å²) in [6.45, 7) is 0.772. The number of hydrogen-bond acceptors (Lipinski definition) is 5. The molecular weight excluding hydrogens is 428 g/mol. The number of rotatable bonds is 7. The molecule has 2 bridgehead atoms. The zero-order valence-electron chi connectivity index (χ0n) is 18.5. The Labute approximate surface area is 201 Å². The van der Waals surface area contributed by atoms with Crippen LogP contribution in [-0.4, -0.2) is 35.7 Å².